The molecule has 0 saturated heterocycles. The molecule has 6 heteroatoms. The number of aryl methyl sites for hydroxylation is 2. The molecule has 2 N–H and O–H groups in total. The number of anilines is 3. The summed E-state index contributed by atoms with van der Waals surface area (Å²) in [5.41, 5.74) is 3.64. The van der Waals surface area contributed by atoms with Crippen LogP contribution in [-0.4, -0.2) is 10.9 Å². The summed E-state index contributed by atoms with van der Waals surface area (Å²) in [5.74, 6) is -0.221. The second-order valence-corrected chi connectivity index (χ2v) is 6.85. The highest BCUT2D eigenvalue weighted by Gasteiger charge is 2.14. The number of thiazole rings is 1. The lowest BCUT2D eigenvalue weighted by molar-refractivity contribution is 0.103. The van der Waals surface area contributed by atoms with Crippen molar-refractivity contribution in [2.45, 2.75) is 13.8 Å². The Morgan fingerprint density at radius 2 is 1.96 bits per heavy atom. The zero-order chi connectivity index (χ0) is 17.1. The van der Waals surface area contributed by atoms with Gasteiger partial charge in [0.15, 0.2) is 5.13 Å². The highest BCUT2D eigenvalue weighted by molar-refractivity contribution is 7.17. The molecule has 0 bridgehead atoms. The van der Waals surface area contributed by atoms with Gasteiger partial charge in [-0.25, -0.2) is 4.98 Å². The van der Waals surface area contributed by atoms with Crippen molar-refractivity contribution >= 4 is 45.4 Å². The van der Waals surface area contributed by atoms with E-state index in [2.05, 4.69) is 15.6 Å². The third-order valence-electron chi connectivity index (χ3n) is 3.46. The monoisotopic (exact) mass is 357 g/mol. The molecule has 0 saturated carbocycles. The van der Waals surface area contributed by atoms with Gasteiger partial charge in [0.2, 0.25) is 0 Å². The van der Waals surface area contributed by atoms with Crippen molar-refractivity contribution in [2.75, 3.05) is 10.6 Å². The van der Waals surface area contributed by atoms with Crippen LogP contribution in [0.15, 0.2) is 48.7 Å². The molecule has 0 unspecified atom stereocenters. The van der Waals surface area contributed by atoms with E-state index in [1.54, 1.807) is 12.3 Å². The largest absolute Gasteiger partial charge is 0.332 e. The molecule has 0 aliphatic heterocycles. The Morgan fingerprint density at radius 1 is 1.17 bits per heavy atom. The number of benzene rings is 2. The van der Waals surface area contributed by atoms with E-state index in [4.69, 9.17) is 11.6 Å². The summed E-state index contributed by atoms with van der Waals surface area (Å²) in [6, 6.07) is 13.5. The van der Waals surface area contributed by atoms with Gasteiger partial charge in [-0.2, -0.15) is 0 Å². The number of carbonyl (C=O) groups excluding carboxylic acids is 1. The quantitative estimate of drug-likeness (QED) is 0.656. The van der Waals surface area contributed by atoms with E-state index in [0.717, 1.165) is 16.8 Å². The first kappa shape index (κ1) is 16.5. The summed E-state index contributed by atoms with van der Waals surface area (Å²) >= 11 is 7.44. The third-order valence-corrected chi connectivity index (χ3v) is 4.69. The smallest absolute Gasteiger partial charge is 0.267 e. The van der Waals surface area contributed by atoms with Crippen LogP contribution in [0.2, 0.25) is 5.02 Å². The molecule has 0 aliphatic rings. The number of hydrogen-bond donors (Lipinski definition) is 2. The fourth-order valence-electron chi connectivity index (χ4n) is 2.25. The fraction of sp³-hybridized carbons (Fsp3) is 0.111. The molecule has 0 fully saturated rings. The van der Waals surface area contributed by atoms with Crippen molar-refractivity contribution in [3.63, 3.8) is 0 Å². The zero-order valence-corrected chi connectivity index (χ0v) is 14.8. The molecule has 0 aliphatic carbocycles. The van der Waals surface area contributed by atoms with Crippen LogP contribution in [0, 0.1) is 13.8 Å². The van der Waals surface area contributed by atoms with E-state index >= 15 is 0 Å². The summed E-state index contributed by atoms with van der Waals surface area (Å²) in [6.45, 7) is 3.93. The Labute approximate surface area is 149 Å². The maximum Gasteiger partial charge on any atom is 0.267 e. The van der Waals surface area contributed by atoms with Crippen molar-refractivity contribution in [1.82, 2.24) is 4.98 Å². The Balaban J connectivity index is 1.74. The molecule has 3 aromatic rings. The highest BCUT2D eigenvalue weighted by atomic mass is 35.5. The van der Waals surface area contributed by atoms with E-state index in [0.29, 0.717) is 20.7 Å². The third kappa shape index (κ3) is 3.75. The van der Waals surface area contributed by atoms with Crippen molar-refractivity contribution in [3.05, 3.63) is 69.7 Å². The molecule has 1 amide bonds. The first-order valence-electron chi connectivity index (χ1n) is 7.39. The van der Waals surface area contributed by atoms with Gasteiger partial charge in [-0.15, -0.1) is 0 Å². The predicted molar refractivity (Wildman–Crippen MR) is 101 cm³/mol. The SMILES string of the molecule is Cc1cccc(Nc2ncc(C(=O)Nc3c(C)cccc3Cl)s2)c1. The van der Waals surface area contributed by atoms with Crippen molar-refractivity contribution < 1.29 is 4.79 Å². The van der Waals surface area contributed by atoms with E-state index in [-0.39, 0.29) is 5.91 Å². The van der Waals surface area contributed by atoms with Crippen molar-refractivity contribution in [3.8, 4) is 0 Å². The van der Waals surface area contributed by atoms with Gasteiger partial charge in [-0.3, -0.25) is 4.79 Å². The number of hydrogen-bond acceptors (Lipinski definition) is 4. The zero-order valence-electron chi connectivity index (χ0n) is 13.3. The van der Waals surface area contributed by atoms with Crippen LogP contribution in [-0.2, 0) is 0 Å². The lowest BCUT2D eigenvalue weighted by Crippen LogP contribution is -2.11. The van der Waals surface area contributed by atoms with Gasteiger partial charge in [0, 0.05) is 5.69 Å². The van der Waals surface area contributed by atoms with Crippen LogP contribution < -0.4 is 10.6 Å². The normalized spacial score (nSPS) is 10.5. The minimum absolute atomic E-state index is 0.221. The van der Waals surface area contributed by atoms with E-state index in [1.165, 1.54) is 11.3 Å². The van der Waals surface area contributed by atoms with Gasteiger partial charge in [-0.1, -0.05) is 47.2 Å². The van der Waals surface area contributed by atoms with Gasteiger partial charge >= 0.3 is 0 Å². The molecule has 2 aromatic carbocycles. The van der Waals surface area contributed by atoms with Crippen LogP contribution >= 0.6 is 22.9 Å². The van der Waals surface area contributed by atoms with Gasteiger partial charge in [0.25, 0.3) is 5.91 Å². The predicted octanol–water partition coefficient (Wildman–Crippen LogP) is 5.41. The van der Waals surface area contributed by atoms with Gasteiger partial charge in [0.1, 0.15) is 4.88 Å². The Hall–Kier alpha value is -2.37. The minimum Gasteiger partial charge on any atom is -0.332 e. The minimum atomic E-state index is -0.221. The number of nitrogens with one attached hydrogen (secondary N) is 2. The van der Waals surface area contributed by atoms with E-state index < -0.39 is 0 Å². The van der Waals surface area contributed by atoms with Crippen LogP contribution in [0.25, 0.3) is 0 Å². The Bertz CT molecular complexity index is 871. The highest BCUT2D eigenvalue weighted by Crippen LogP contribution is 2.28. The number of carbonyl (C=O) groups is 1. The molecule has 3 rings (SSSR count). The number of halogens is 1. The summed E-state index contributed by atoms with van der Waals surface area (Å²) in [5, 5.41) is 7.25. The average Bonchev–Trinajstić information content (AvgIpc) is 2.99. The molecule has 1 aromatic heterocycles. The molecule has 4 nitrogen and oxygen atoms in total. The van der Waals surface area contributed by atoms with Gasteiger partial charge < -0.3 is 10.6 Å². The van der Waals surface area contributed by atoms with Crippen LogP contribution in [0.5, 0.6) is 0 Å². The molecule has 122 valence electrons. The van der Waals surface area contributed by atoms with Crippen molar-refractivity contribution in [1.29, 1.82) is 0 Å². The summed E-state index contributed by atoms with van der Waals surface area (Å²) in [4.78, 5) is 17.2. The molecular formula is C18H16ClN3OS. The standard InChI is InChI=1S/C18H16ClN3OS/c1-11-5-3-7-13(9-11)21-18-20-10-15(24-18)17(23)22-16-12(2)6-4-8-14(16)19/h3-10H,1-2H3,(H,20,21)(H,22,23). The first-order valence-corrected chi connectivity index (χ1v) is 8.58. The maximum absolute atomic E-state index is 12.4. The summed E-state index contributed by atoms with van der Waals surface area (Å²) < 4.78 is 0. The number of amides is 1. The van der Waals surface area contributed by atoms with E-state index in [9.17, 15) is 4.79 Å². The number of aromatic nitrogens is 1. The van der Waals surface area contributed by atoms with Crippen LogP contribution in [0.1, 0.15) is 20.8 Å². The second-order valence-electron chi connectivity index (χ2n) is 5.41. The lowest BCUT2D eigenvalue weighted by atomic mass is 10.2. The first-order chi connectivity index (χ1) is 11.5. The second kappa shape index (κ2) is 7.03. The Kier molecular flexibility index (Phi) is 4.83. The number of nitrogens with zero attached hydrogens (tertiary/aromatic N) is 1. The fourth-order valence-corrected chi connectivity index (χ4v) is 3.25. The topological polar surface area (TPSA) is 54.0 Å². The number of rotatable bonds is 4. The molecule has 0 atom stereocenters. The van der Waals surface area contributed by atoms with Crippen molar-refractivity contribution in [2.24, 2.45) is 0 Å². The molecule has 0 spiro atoms. The van der Waals surface area contributed by atoms with Crippen LogP contribution in [0.4, 0.5) is 16.5 Å². The molecule has 24 heavy (non-hydrogen) atoms. The number of para-hydroxylation sites is 1. The lowest BCUT2D eigenvalue weighted by Gasteiger charge is -2.08. The summed E-state index contributed by atoms with van der Waals surface area (Å²) in [6.07, 6.45) is 1.56. The van der Waals surface area contributed by atoms with Gasteiger partial charge in [0.05, 0.1) is 16.9 Å². The molecular weight excluding hydrogens is 342 g/mol. The van der Waals surface area contributed by atoms with E-state index in [1.807, 2.05) is 50.2 Å². The average molecular weight is 358 g/mol. The maximum atomic E-state index is 12.4. The molecule has 1 heterocycles. The van der Waals surface area contributed by atoms with Gasteiger partial charge in [-0.05, 0) is 43.2 Å². The summed E-state index contributed by atoms with van der Waals surface area (Å²) in [7, 11) is 0. The van der Waals surface area contributed by atoms with Crippen LogP contribution in [0.3, 0.4) is 0 Å². The Morgan fingerprint density at radius 3 is 2.71 bits per heavy atom. The molecule has 0 radical (unpaired) electrons.